The summed E-state index contributed by atoms with van der Waals surface area (Å²) >= 11 is 0. The smallest absolute Gasteiger partial charge is 0.225 e. The van der Waals surface area contributed by atoms with Gasteiger partial charge in [0.1, 0.15) is 0 Å². The van der Waals surface area contributed by atoms with Crippen LogP contribution >= 0.6 is 0 Å². The minimum Gasteiger partial charge on any atom is -0.355 e. The first-order valence-electron chi connectivity index (χ1n) is 7.23. The molecule has 4 nitrogen and oxygen atoms in total. The molecule has 0 rings (SSSR count). The van der Waals surface area contributed by atoms with Gasteiger partial charge in [-0.2, -0.15) is 0 Å². The summed E-state index contributed by atoms with van der Waals surface area (Å²) in [7, 11) is 0. The van der Waals surface area contributed by atoms with Crippen molar-refractivity contribution in [3.05, 3.63) is 0 Å². The summed E-state index contributed by atoms with van der Waals surface area (Å²) in [5.74, 6) is 0.600. The largest absolute Gasteiger partial charge is 0.355 e. The van der Waals surface area contributed by atoms with E-state index in [1.807, 2.05) is 20.8 Å². The SMILES string of the molecule is CCNOCC(C)(C)CC(C)(C)C(=O)NCC(C)C. The average Bonchev–Trinajstić information content (AvgIpc) is 2.24. The molecule has 1 amide bonds. The Morgan fingerprint density at radius 2 is 1.79 bits per heavy atom. The molecule has 0 aromatic heterocycles. The summed E-state index contributed by atoms with van der Waals surface area (Å²) in [5.41, 5.74) is 2.44. The van der Waals surface area contributed by atoms with Crippen LogP contribution in [0.2, 0.25) is 0 Å². The van der Waals surface area contributed by atoms with Crippen molar-refractivity contribution in [1.29, 1.82) is 0 Å². The zero-order chi connectivity index (χ0) is 15.1. The van der Waals surface area contributed by atoms with Crippen LogP contribution in [-0.2, 0) is 9.63 Å². The molecule has 4 heteroatoms. The minimum atomic E-state index is -0.381. The van der Waals surface area contributed by atoms with Crippen molar-refractivity contribution in [2.75, 3.05) is 19.7 Å². The van der Waals surface area contributed by atoms with Crippen LogP contribution in [0.3, 0.4) is 0 Å². The van der Waals surface area contributed by atoms with Gasteiger partial charge >= 0.3 is 0 Å². The Balaban J connectivity index is 4.35. The fourth-order valence-corrected chi connectivity index (χ4v) is 2.21. The molecule has 0 fully saturated rings. The summed E-state index contributed by atoms with van der Waals surface area (Å²) in [6.45, 7) is 16.6. The Bertz CT molecular complexity index is 273. The molecule has 0 aromatic carbocycles. The molecule has 0 saturated heterocycles. The van der Waals surface area contributed by atoms with Gasteiger partial charge in [-0.25, -0.2) is 5.48 Å². The van der Waals surface area contributed by atoms with Gasteiger partial charge in [0.15, 0.2) is 0 Å². The first-order valence-corrected chi connectivity index (χ1v) is 7.23. The lowest BCUT2D eigenvalue weighted by molar-refractivity contribution is -0.132. The van der Waals surface area contributed by atoms with Crippen LogP contribution < -0.4 is 10.8 Å². The molecule has 0 heterocycles. The first kappa shape index (κ1) is 18.4. The van der Waals surface area contributed by atoms with Crippen molar-refractivity contribution in [2.45, 2.75) is 54.9 Å². The third-order valence-electron chi connectivity index (χ3n) is 2.92. The number of hydrogen-bond acceptors (Lipinski definition) is 3. The standard InChI is InChI=1S/C15H32N2O2/c1-8-17-19-11-14(4,5)10-15(6,7)13(18)16-9-12(2)3/h12,17H,8-11H2,1-7H3,(H,16,18). The molecule has 114 valence electrons. The van der Waals surface area contributed by atoms with Gasteiger partial charge in [0.05, 0.1) is 6.61 Å². The molecule has 0 saturated carbocycles. The predicted octanol–water partition coefficient (Wildman–Crippen LogP) is 2.74. The molecular formula is C15H32N2O2. The zero-order valence-corrected chi connectivity index (χ0v) is 13.7. The maximum atomic E-state index is 12.2. The fraction of sp³-hybridized carbons (Fsp3) is 0.933. The fourth-order valence-electron chi connectivity index (χ4n) is 2.21. The van der Waals surface area contributed by atoms with Gasteiger partial charge in [0.25, 0.3) is 0 Å². The van der Waals surface area contributed by atoms with Gasteiger partial charge in [-0.05, 0) is 17.8 Å². The van der Waals surface area contributed by atoms with Crippen molar-refractivity contribution in [3.8, 4) is 0 Å². The van der Waals surface area contributed by atoms with Crippen LogP contribution in [0.25, 0.3) is 0 Å². The molecule has 0 unspecified atom stereocenters. The molecule has 19 heavy (non-hydrogen) atoms. The molecule has 0 aromatic rings. The maximum absolute atomic E-state index is 12.2. The number of hydroxylamine groups is 1. The van der Waals surface area contributed by atoms with Crippen molar-refractivity contribution in [1.82, 2.24) is 10.8 Å². The molecule has 0 radical (unpaired) electrons. The number of nitrogens with one attached hydrogen (secondary N) is 2. The number of carbonyl (C=O) groups excluding carboxylic acids is 1. The van der Waals surface area contributed by atoms with Gasteiger partial charge in [0.2, 0.25) is 5.91 Å². The predicted molar refractivity (Wildman–Crippen MR) is 79.7 cm³/mol. The van der Waals surface area contributed by atoms with Gasteiger partial charge in [-0.1, -0.05) is 48.5 Å². The summed E-state index contributed by atoms with van der Waals surface area (Å²) < 4.78 is 0. The lowest BCUT2D eigenvalue weighted by Gasteiger charge is -2.33. The molecule has 0 spiro atoms. The van der Waals surface area contributed by atoms with E-state index in [1.165, 1.54) is 0 Å². The second-order valence-corrected chi connectivity index (χ2v) is 7.12. The molecule has 0 atom stereocenters. The van der Waals surface area contributed by atoms with E-state index < -0.39 is 0 Å². The minimum absolute atomic E-state index is 0.0408. The Morgan fingerprint density at radius 1 is 1.21 bits per heavy atom. The lowest BCUT2D eigenvalue weighted by atomic mass is 9.75. The monoisotopic (exact) mass is 272 g/mol. The molecule has 0 bridgehead atoms. The highest BCUT2D eigenvalue weighted by atomic mass is 16.6. The number of rotatable bonds is 9. The van der Waals surface area contributed by atoms with E-state index >= 15 is 0 Å². The lowest BCUT2D eigenvalue weighted by Crippen LogP contribution is -2.42. The molecule has 2 N–H and O–H groups in total. The second-order valence-electron chi connectivity index (χ2n) is 7.12. The van der Waals surface area contributed by atoms with E-state index in [0.717, 1.165) is 19.5 Å². The highest BCUT2D eigenvalue weighted by molar-refractivity contribution is 5.81. The quantitative estimate of drug-likeness (QED) is 0.501. The summed E-state index contributed by atoms with van der Waals surface area (Å²) in [6.07, 6.45) is 0.787. The average molecular weight is 272 g/mol. The van der Waals surface area contributed by atoms with Gasteiger partial charge in [-0.15, -0.1) is 0 Å². The van der Waals surface area contributed by atoms with E-state index in [2.05, 4.69) is 38.5 Å². The topological polar surface area (TPSA) is 50.4 Å². The number of hydrogen-bond donors (Lipinski definition) is 2. The third-order valence-corrected chi connectivity index (χ3v) is 2.92. The molecule has 0 aliphatic carbocycles. The number of carbonyl (C=O) groups is 1. The van der Waals surface area contributed by atoms with Crippen LogP contribution in [-0.4, -0.2) is 25.6 Å². The first-order chi connectivity index (χ1) is 8.60. The summed E-state index contributed by atoms with van der Waals surface area (Å²) in [5, 5.41) is 3.02. The Morgan fingerprint density at radius 3 is 2.26 bits per heavy atom. The molecule has 0 aliphatic heterocycles. The molecule has 0 aliphatic rings. The van der Waals surface area contributed by atoms with Gasteiger partial charge in [-0.3, -0.25) is 4.79 Å². The van der Waals surface area contributed by atoms with E-state index in [0.29, 0.717) is 12.5 Å². The normalized spacial score (nSPS) is 12.8. The van der Waals surface area contributed by atoms with Gasteiger partial charge in [0, 0.05) is 18.5 Å². The van der Waals surface area contributed by atoms with Crippen LogP contribution in [0.15, 0.2) is 0 Å². The Hall–Kier alpha value is -0.610. The second kappa shape index (κ2) is 7.85. The van der Waals surface area contributed by atoms with Crippen LogP contribution in [0.4, 0.5) is 0 Å². The van der Waals surface area contributed by atoms with Crippen molar-refractivity contribution >= 4 is 5.91 Å². The maximum Gasteiger partial charge on any atom is 0.225 e. The van der Waals surface area contributed by atoms with Crippen LogP contribution in [0.5, 0.6) is 0 Å². The third kappa shape index (κ3) is 8.22. The Labute approximate surface area is 118 Å². The Kier molecular flexibility index (Phi) is 7.60. The number of amides is 1. The van der Waals surface area contributed by atoms with Crippen LogP contribution in [0, 0.1) is 16.7 Å². The summed E-state index contributed by atoms with van der Waals surface area (Å²) in [6, 6.07) is 0. The van der Waals surface area contributed by atoms with E-state index in [9.17, 15) is 4.79 Å². The van der Waals surface area contributed by atoms with E-state index in [-0.39, 0.29) is 16.7 Å². The highest BCUT2D eigenvalue weighted by Gasteiger charge is 2.34. The van der Waals surface area contributed by atoms with Crippen LogP contribution in [0.1, 0.15) is 54.9 Å². The van der Waals surface area contributed by atoms with E-state index in [4.69, 9.17) is 4.84 Å². The van der Waals surface area contributed by atoms with Crippen molar-refractivity contribution < 1.29 is 9.63 Å². The van der Waals surface area contributed by atoms with Crippen molar-refractivity contribution in [2.24, 2.45) is 16.7 Å². The zero-order valence-electron chi connectivity index (χ0n) is 13.7. The van der Waals surface area contributed by atoms with E-state index in [1.54, 1.807) is 0 Å². The summed E-state index contributed by atoms with van der Waals surface area (Å²) in [4.78, 5) is 17.6. The molecular weight excluding hydrogens is 240 g/mol. The van der Waals surface area contributed by atoms with Crippen molar-refractivity contribution in [3.63, 3.8) is 0 Å². The van der Waals surface area contributed by atoms with Gasteiger partial charge < -0.3 is 10.2 Å². The highest BCUT2D eigenvalue weighted by Crippen LogP contribution is 2.33.